The molecule has 0 bridgehead atoms. The molecule has 3 rings (SSSR count). The van der Waals surface area contributed by atoms with Gasteiger partial charge in [0.2, 0.25) is 0 Å². The third-order valence-electron chi connectivity index (χ3n) is 3.84. The van der Waals surface area contributed by atoms with Crippen molar-refractivity contribution in [1.29, 1.82) is 0 Å². The van der Waals surface area contributed by atoms with Crippen LogP contribution < -0.4 is 15.4 Å². The number of anilines is 1. The average Bonchev–Trinajstić information content (AvgIpc) is 3.23. The van der Waals surface area contributed by atoms with Crippen LogP contribution in [0.2, 0.25) is 0 Å². The van der Waals surface area contributed by atoms with E-state index in [4.69, 9.17) is 9.15 Å². The second-order valence-corrected chi connectivity index (χ2v) is 5.77. The third kappa shape index (κ3) is 4.98. The van der Waals surface area contributed by atoms with Crippen LogP contribution >= 0.6 is 0 Å². The first-order chi connectivity index (χ1) is 13.2. The Morgan fingerprint density at radius 2 is 1.70 bits per heavy atom. The Balaban J connectivity index is 1.52. The number of benzene rings is 2. The molecule has 3 aromatic rings. The summed E-state index contributed by atoms with van der Waals surface area (Å²) in [5, 5.41) is 5.61. The summed E-state index contributed by atoms with van der Waals surface area (Å²) < 4.78 is 10.4. The van der Waals surface area contributed by atoms with Gasteiger partial charge >= 0.3 is 0 Å². The largest absolute Gasteiger partial charge is 0.494 e. The first-order valence-electron chi connectivity index (χ1n) is 8.60. The summed E-state index contributed by atoms with van der Waals surface area (Å²) in [6, 6.07) is 17.5. The highest BCUT2D eigenvalue weighted by molar-refractivity contribution is 6.02. The molecule has 0 atom stereocenters. The molecule has 6 heteroatoms. The van der Waals surface area contributed by atoms with Crippen LogP contribution in [0.25, 0.3) is 0 Å². The number of nitrogens with one attached hydrogen (secondary N) is 2. The molecule has 0 saturated carbocycles. The van der Waals surface area contributed by atoms with Crippen LogP contribution in [0.15, 0.2) is 71.3 Å². The normalized spacial score (nSPS) is 10.3. The van der Waals surface area contributed by atoms with Gasteiger partial charge in [-0.3, -0.25) is 9.59 Å². The zero-order chi connectivity index (χ0) is 19.1. The molecule has 0 radical (unpaired) electrons. The van der Waals surface area contributed by atoms with E-state index in [0.29, 0.717) is 24.4 Å². The number of hydrogen-bond acceptors (Lipinski definition) is 4. The van der Waals surface area contributed by atoms with Crippen molar-refractivity contribution in [3.05, 3.63) is 83.8 Å². The van der Waals surface area contributed by atoms with E-state index in [-0.39, 0.29) is 17.6 Å². The second-order valence-electron chi connectivity index (χ2n) is 5.77. The molecule has 1 aromatic heterocycles. The Morgan fingerprint density at radius 1 is 0.963 bits per heavy atom. The van der Waals surface area contributed by atoms with E-state index in [1.54, 1.807) is 48.5 Å². The van der Waals surface area contributed by atoms with E-state index in [9.17, 15) is 9.59 Å². The molecular formula is C21H20N2O4. The van der Waals surface area contributed by atoms with Gasteiger partial charge in [0.05, 0.1) is 12.9 Å². The zero-order valence-electron chi connectivity index (χ0n) is 14.9. The lowest BCUT2D eigenvalue weighted by atomic mass is 10.1. The Kier molecular flexibility index (Phi) is 5.89. The van der Waals surface area contributed by atoms with Crippen LogP contribution in [0.1, 0.15) is 33.4 Å². The maximum absolute atomic E-state index is 12.2. The van der Waals surface area contributed by atoms with E-state index in [0.717, 1.165) is 11.3 Å². The summed E-state index contributed by atoms with van der Waals surface area (Å²) in [5.74, 6) is 0.521. The SMILES string of the molecule is CCOc1ccc(C(=O)NCc2ccc(NC(=O)c3ccco3)cc2)cc1. The first-order valence-corrected chi connectivity index (χ1v) is 8.60. The van der Waals surface area contributed by atoms with E-state index in [1.165, 1.54) is 6.26 Å². The number of carbonyl (C=O) groups is 2. The van der Waals surface area contributed by atoms with E-state index in [2.05, 4.69) is 10.6 Å². The van der Waals surface area contributed by atoms with Crippen molar-refractivity contribution >= 4 is 17.5 Å². The molecule has 1 heterocycles. The number of ether oxygens (including phenoxy) is 1. The van der Waals surface area contributed by atoms with Crippen molar-refractivity contribution in [2.24, 2.45) is 0 Å². The van der Waals surface area contributed by atoms with Gasteiger partial charge < -0.3 is 19.8 Å². The maximum Gasteiger partial charge on any atom is 0.291 e. The van der Waals surface area contributed by atoms with Crippen LogP contribution in [-0.2, 0) is 6.54 Å². The maximum atomic E-state index is 12.2. The lowest BCUT2D eigenvalue weighted by molar-refractivity contribution is 0.0949. The van der Waals surface area contributed by atoms with Gasteiger partial charge in [-0.1, -0.05) is 12.1 Å². The summed E-state index contributed by atoms with van der Waals surface area (Å²) in [5.41, 5.74) is 2.14. The average molecular weight is 364 g/mol. The molecule has 138 valence electrons. The topological polar surface area (TPSA) is 80.6 Å². The number of amides is 2. The van der Waals surface area contributed by atoms with Crippen molar-refractivity contribution in [3.63, 3.8) is 0 Å². The van der Waals surface area contributed by atoms with Gasteiger partial charge in [0.1, 0.15) is 5.75 Å². The standard InChI is InChI=1S/C21H20N2O4/c1-2-26-18-11-7-16(8-12-18)20(24)22-14-15-5-9-17(10-6-15)23-21(25)19-4-3-13-27-19/h3-13H,2,14H2,1H3,(H,22,24)(H,23,25). The van der Waals surface area contributed by atoms with Gasteiger partial charge in [-0.05, 0) is 61.0 Å². The van der Waals surface area contributed by atoms with Crippen LogP contribution in [0.3, 0.4) is 0 Å². The van der Waals surface area contributed by atoms with Crippen molar-refractivity contribution in [1.82, 2.24) is 5.32 Å². The number of rotatable bonds is 7. The minimum Gasteiger partial charge on any atom is -0.494 e. The van der Waals surface area contributed by atoms with Crippen molar-refractivity contribution in [3.8, 4) is 5.75 Å². The second kappa shape index (κ2) is 8.71. The number of hydrogen-bond donors (Lipinski definition) is 2. The van der Waals surface area contributed by atoms with E-state index in [1.807, 2.05) is 19.1 Å². The Morgan fingerprint density at radius 3 is 2.33 bits per heavy atom. The first kappa shape index (κ1) is 18.3. The molecule has 2 amide bonds. The fourth-order valence-electron chi connectivity index (χ4n) is 2.46. The fourth-order valence-corrected chi connectivity index (χ4v) is 2.46. The van der Waals surface area contributed by atoms with Gasteiger partial charge in [-0.2, -0.15) is 0 Å². The minimum absolute atomic E-state index is 0.159. The Bertz CT molecular complexity index is 885. The van der Waals surface area contributed by atoms with Crippen molar-refractivity contribution in [2.75, 3.05) is 11.9 Å². The predicted molar refractivity (Wildman–Crippen MR) is 102 cm³/mol. The molecule has 0 saturated heterocycles. The van der Waals surface area contributed by atoms with Crippen LogP contribution in [-0.4, -0.2) is 18.4 Å². The van der Waals surface area contributed by atoms with Gasteiger partial charge in [0.25, 0.3) is 11.8 Å². The predicted octanol–water partition coefficient (Wildman–Crippen LogP) is 3.86. The third-order valence-corrected chi connectivity index (χ3v) is 3.84. The molecule has 0 unspecified atom stereocenters. The summed E-state index contributed by atoms with van der Waals surface area (Å²) in [7, 11) is 0. The van der Waals surface area contributed by atoms with Crippen molar-refractivity contribution < 1.29 is 18.7 Å². The van der Waals surface area contributed by atoms with E-state index < -0.39 is 0 Å². The molecule has 27 heavy (non-hydrogen) atoms. The summed E-state index contributed by atoms with van der Waals surface area (Å²) >= 11 is 0. The molecule has 2 aromatic carbocycles. The van der Waals surface area contributed by atoms with Gasteiger partial charge in [-0.25, -0.2) is 0 Å². The molecule has 0 fully saturated rings. The lowest BCUT2D eigenvalue weighted by Crippen LogP contribution is -2.22. The van der Waals surface area contributed by atoms with Crippen molar-refractivity contribution in [2.45, 2.75) is 13.5 Å². The molecule has 0 aliphatic heterocycles. The lowest BCUT2D eigenvalue weighted by Gasteiger charge is -2.08. The van der Waals surface area contributed by atoms with Crippen LogP contribution in [0.4, 0.5) is 5.69 Å². The van der Waals surface area contributed by atoms with E-state index >= 15 is 0 Å². The molecule has 0 aliphatic rings. The van der Waals surface area contributed by atoms with Gasteiger partial charge in [0, 0.05) is 17.8 Å². The molecule has 2 N–H and O–H groups in total. The summed E-state index contributed by atoms with van der Waals surface area (Å²) in [6.07, 6.45) is 1.45. The summed E-state index contributed by atoms with van der Waals surface area (Å²) in [6.45, 7) is 2.89. The Labute approximate surface area is 157 Å². The van der Waals surface area contributed by atoms with Crippen LogP contribution in [0.5, 0.6) is 5.75 Å². The van der Waals surface area contributed by atoms with Crippen LogP contribution in [0, 0.1) is 0 Å². The minimum atomic E-state index is -0.309. The number of carbonyl (C=O) groups excluding carboxylic acids is 2. The molecule has 0 spiro atoms. The highest BCUT2D eigenvalue weighted by Crippen LogP contribution is 2.14. The van der Waals surface area contributed by atoms with Gasteiger partial charge in [-0.15, -0.1) is 0 Å². The quantitative estimate of drug-likeness (QED) is 0.667. The number of furan rings is 1. The highest BCUT2D eigenvalue weighted by Gasteiger charge is 2.09. The fraction of sp³-hybridized carbons (Fsp3) is 0.143. The molecule has 6 nitrogen and oxygen atoms in total. The monoisotopic (exact) mass is 364 g/mol. The van der Waals surface area contributed by atoms with Gasteiger partial charge in [0.15, 0.2) is 5.76 Å². The smallest absolute Gasteiger partial charge is 0.291 e. The molecule has 0 aliphatic carbocycles. The Hall–Kier alpha value is -3.54. The summed E-state index contributed by atoms with van der Waals surface area (Å²) in [4.78, 5) is 24.1. The molecular weight excluding hydrogens is 344 g/mol. The highest BCUT2D eigenvalue weighted by atomic mass is 16.5. The zero-order valence-corrected chi connectivity index (χ0v) is 14.9.